The lowest BCUT2D eigenvalue weighted by Gasteiger charge is -2.21. The molecule has 0 fully saturated rings. The summed E-state index contributed by atoms with van der Waals surface area (Å²) in [4.78, 5) is 13.6. The Morgan fingerprint density at radius 3 is 2.33 bits per heavy atom. The predicted octanol–water partition coefficient (Wildman–Crippen LogP) is 6.18. The van der Waals surface area contributed by atoms with Crippen LogP contribution in [0, 0.1) is 0 Å². The van der Waals surface area contributed by atoms with Gasteiger partial charge in [-0.3, -0.25) is 0 Å². The Labute approximate surface area is 159 Å². The van der Waals surface area contributed by atoms with Crippen molar-refractivity contribution in [2.24, 2.45) is 0 Å². The molecule has 0 unspecified atom stereocenters. The second kappa shape index (κ2) is 7.38. The van der Waals surface area contributed by atoms with Gasteiger partial charge in [0.05, 0.1) is 5.39 Å². The van der Waals surface area contributed by atoms with E-state index in [0.717, 1.165) is 40.0 Å². The fourth-order valence-corrected chi connectivity index (χ4v) is 4.53. The summed E-state index contributed by atoms with van der Waals surface area (Å²) in [6, 6.07) is 8.44. The molecule has 0 saturated carbocycles. The van der Waals surface area contributed by atoms with Crippen LogP contribution in [0.3, 0.4) is 0 Å². The Kier molecular flexibility index (Phi) is 5.42. The summed E-state index contributed by atoms with van der Waals surface area (Å²) in [6.07, 6.45) is 0.960. The van der Waals surface area contributed by atoms with Gasteiger partial charge < -0.3 is 4.90 Å². The molecule has 2 heterocycles. The molecule has 3 nitrogen and oxygen atoms in total. The lowest BCUT2D eigenvalue weighted by molar-refractivity contribution is 0.849. The molecule has 0 saturated heterocycles. The molecule has 0 aliphatic heterocycles. The van der Waals surface area contributed by atoms with Gasteiger partial charge in [-0.1, -0.05) is 35.0 Å². The fraction of sp³-hybridized carbons (Fsp3) is 0.333. The number of benzene rings is 1. The van der Waals surface area contributed by atoms with Crippen LogP contribution in [0.2, 0.25) is 5.28 Å². The summed E-state index contributed by atoms with van der Waals surface area (Å²) in [5.74, 6) is 0.934. The van der Waals surface area contributed by atoms with Crippen LogP contribution in [-0.4, -0.2) is 23.1 Å². The highest BCUT2D eigenvalue weighted by Crippen LogP contribution is 2.43. The normalized spacial score (nSPS) is 11.2. The van der Waals surface area contributed by atoms with Crippen LogP contribution in [-0.2, 0) is 6.42 Å². The lowest BCUT2D eigenvalue weighted by Crippen LogP contribution is -2.23. The van der Waals surface area contributed by atoms with E-state index in [1.807, 2.05) is 0 Å². The summed E-state index contributed by atoms with van der Waals surface area (Å²) >= 11 is 11.4. The van der Waals surface area contributed by atoms with Crippen LogP contribution < -0.4 is 4.90 Å². The largest absolute Gasteiger partial charge is 0.356 e. The molecular weight excluding hydrogens is 406 g/mol. The van der Waals surface area contributed by atoms with E-state index >= 15 is 0 Å². The first-order valence-corrected chi connectivity index (χ1v) is 10.1. The van der Waals surface area contributed by atoms with E-state index in [1.54, 1.807) is 11.3 Å². The Hall–Kier alpha value is -1.17. The van der Waals surface area contributed by atoms with E-state index < -0.39 is 0 Å². The Morgan fingerprint density at radius 1 is 1.08 bits per heavy atom. The second-order valence-electron chi connectivity index (χ2n) is 5.43. The molecule has 0 aliphatic rings. The van der Waals surface area contributed by atoms with Crippen molar-refractivity contribution in [3.8, 4) is 11.1 Å². The first kappa shape index (κ1) is 17.6. The molecular formula is C18H19BrClN3S. The highest BCUT2D eigenvalue weighted by atomic mass is 79.9. The molecule has 0 atom stereocenters. The third kappa shape index (κ3) is 3.17. The number of hydrogen-bond acceptors (Lipinski definition) is 4. The number of aromatic nitrogens is 2. The van der Waals surface area contributed by atoms with Crippen LogP contribution >= 0.6 is 38.9 Å². The first-order chi connectivity index (χ1) is 11.6. The van der Waals surface area contributed by atoms with E-state index in [0.29, 0.717) is 5.28 Å². The van der Waals surface area contributed by atoms with Gasteiger partial charge in [-0.2, -0.15) is 4.98 Å². The molecule has 126 valence electrons. The van der Waals surface area contributed by atoms with E-state index in [-0.39, 0.29) is 0 Å². The maximum Gasteiger partial charge on any atom is 0.225 e. The zero-order chi connectivity index (χ0) is 17.3. The van der Waals surface area contributed by atoms with E-state index in [4.69, 9.17) is 11.6 Å². The van der Waals surface area contributed by atoms with Gasteiger partial charge >= 0.3 is 0 Å². The highest BCUT2D eigenvalue weighted by Gasteiger charge is 2.21. The van der Waals surface area contributed by atoms with Crippen LogP contribution in [0.25, 0.3) is 21.3 Å². The van der Waals surface area contributed by atoms with Crippen molar-refractivity contribution in [1.29, 1.82) is 0 Å². The van der Waals surface area contributed by atoms with Crippen molar-refractivity contribution in [2.45, 2.75) is 27.2 Å². The van der Waals surface area contributed by atoms with Gasteiger partial charge in [-0.15, -0.1) is 11.3 Å². The average Bonchev–Trinajstić information content (AvgIpc) is 2.95. The maximum absolute atomic E-state index is 6.21. The van der Waals surface area contributed by atoms with E-state index in [2.05, 4.69) is 75.8 Å². The number of thiophene rings is 1. The maximum atomic E-state index is 6.21. The number of nitrogens with zero attached hydrogens (tertiary/aromatic N) is 3. The molecule has 3 rings (SSSR count). The van der Waals surface area contributed by atoms with Crippen molar-refractivity contribution in [2.75, 3.05) is 18.0 Å². The molecule has 0 radical (unpaired) electrons. The Bertz CT molecular complexity index is 857. The summed E-state index contributed by atoms with van der Waals surface area (Å²) < 4.78 is 1.08. The standard InChI is InChI=1S/C18H19BrClN3S/c1-4-13-14(11-7-9-12(19)10-8-11)15-16(23(5-2)6-3)21-18(20)22-17(15)24-13/h7-10H,4-6H2,1-3H3. The van der Waals surface area contributed by atoms with Crippen molar-refractivity contribution in [1.82, 2.24) is 9.97 Å². The Balaban J connectivity index is 2.36. The molecule has 2 aromatic heterocycles. The van der Waals surface area contributed by atoms with Gasteiger partial charge in [0.15, 0.2) is 0 Å². The zero-order valence-corrected chi connectivity index (χ0v) is 17.1. The van der Waals surface area contributed by atoms with Crippen LogP contribution in [0.15, 0.2) is 28.7 Å². The number of aryl methyl sites for hydroxylation is 1. The van der Waals surface area contributed by atoms with E-state index in [9.17, 15) is 0 Å². The average molecular weight is 425 g/mol. The highest BCUT2D eigenvalue weighted by molar-refractivity contribution is 9.10. The van der Waals surface area contributed by atoms with Crippen molar-refractivity contribution < 1.29 is 0 Å². The van der Waals surface area contributed by atoms with Crippen molar-refractivity contribution >= 4 is 54.9 Å². The number of hydrogen-bond donors (Lipinski definition) is 0. The van der Waals surface area contributed by atoms with Crippen molar-refractivity contribution in [3.05, 3.63) is 38.9 Å². The molecule has 0 aliphatic carbocycles. The molecule has 0 spiro atoms. The summed E-state index contributed by atoms with van der Waals surface area (Å²) in [5, 5.41) is 1.43. The number of fused-ring (bicyclic) bond motifs is 1. The minimum atomic E-state index is 0.315. The molecule has 6 heteroatoms. The smallest absolute Gasteiger partial charge is 0.225 e. The summed E-state index contributed by atoms with van der Waals surface area (Å²) in [6.45, 7) is 8.22. The number of rotatable bonds is 5. The minimum absolute atomic E-state index is 0.315. The summed E-state index contributed by atoms with van der Waals surface area (Å²) in [7, 11) is 0. The third-order valence-corrected chi connectivity index (χ3v) is 6.02. The zero-order valence-electron chi connectivity index (χ0n) is 13.9. The number of halogens is 2. The van der Waals surface area contributed by atoms with Gasteiger partial charge in [-0.05, 0) is 49.6 Å². The van der Waals surface area contributed by atoms with Gasteiger partial charge in [0.2, 0.25) is 5.28 Å². The fourth-order valence-electron chi connectivity index (χ4n) is 2.93. The van der Waals surface area contributed by atoms with Crippen LogP contribution in [0.5, 0.6) is 0 Å². The topological polar surface area (TPSA) is 29.0 Å². The van der Waals surface area contributed by atoms with Gasteiger partial charge in [0, 0.05) is 28.0 Å². The summed E-state index contributed by atoms with van der Waals surface area (Å²) in [5.41, 5.74) is 2.43. The van der Waals surface area contributed by atoms with Crippen LogP contribution in [0.4, 0.5) is 5.82 Å². The van der Waals surface area contributed by atoms with Crippen LogP contribution in [0.1, 0.15) is 25.6 Å². The monoisotopic (exact) mass is 423 g/mol. The van der Waals surface area contributed by atoms with Gasteiger partial charge in [0.1, 0.15) is 10.6 Å². The van der Waals surface area contributed by atoms with Crippen molar-refractivity contribution in [3.63, 3.8) is 0 Å². The number of anilines is 1. The van der Waals surface area contributed by atoms with E-state index in [1.165, 1.54) is 16.0 Å². The lowest BCUT2D eigenvalue weighted by atomic mass is 10.0. The molecule has 3 aromatic rings. The molecule has 1 aromatic carbocycles. The van der Waals surface area contributed by atoms with Gasteiger partial charge in [0.25, 0.3) is 0 Å². The SMILES string of the molecule is CCc1sc2nc(Cl)nc(N(CC)CC)c2c1-c1ccc(Br)cc1. The molecule has 0 amide bonds. The third-order valence-electron chi connectivity index (χ3n) is 4.10. The Morgan fingerprint density at radius 2 is 1.75 bits per heavy atom. The van der Waals surface area contributed by atoms with Gasteiger partial charge in [-0.25, -0.2) is 4.98 Å². The first-order valence-electron chi connectivity index (χ1n) is 8.08. The molecule has 24 heavy (non-hydrogen) atoms. The molecule has 0 bridgehead atoms. The second-order valence-corrected chi connectivity index (χ2v) is 7.77. The minimum Gasteiger partial charge on any atom is -0.356 e. The predicted molar refractivity (Wildman–Crippen MR) is 109 cm³/mol. The molecule has 0 N–H and O–H groups in total. The quantitative estimate of drug-likeness (QED) is 0.458.